The maximum absolute atomic E-state index is 12.9. The van der Waals surface area contributed by atoms with Gasteiger partial charge in [0.15, 0.2) is 20.6 Å². The molecule has 3 heterocycles. The van der Waals surface area contributed by atoms with Crippen LogP contribution in [0.2, 0.25) is 0 Å². The van der Waals surface area contributed by atoms with E-state index < -0.39 is 15.7 Å². The number of aromatic amines is 1. The van der Waals surface area contributed by atoms with Crippen molar-refractivity contribution < 1.29 is 17.9 Å². The number of fused-ring (bicyclic) bond motifs is 1. The Kier molecular flexibility index (Phi) is 7.73. The van der Waals surface area contributed by atoms with Gasteiger partial charge in [0, 0.05) is 37.5 Å². The van der Waals surface area contributed by atoms with E-state index in [0.29, 0.717) is 11.1 Å². The van der Waals surface area contributed by atoms with E-state index in [9.17, 15) is 13.2 Å². The van der Waals surface area contributed by atoms with Crippen LogP contribution < -0.4 is 5.32 Å². The van der Waals surface area contributed by atoms with Crippen LogP contribution in [0.3, 0.4) is 0 Å². The Morgan fingerprint density at radius 1 is 1.28 bits per heavy atom. The third kappa shape index (κ3) is 6.11. The first-order valence-corrected chi connectivity index (χ1v) is 13.2. The molecule has 10 nitrogen and oxygen atoms in total. The Labute approximate surface area is 209 Å². The zero-order valence-corrected chi connectivity index (χ0v) is 21.0. The third-order valence-corrected chi connectivity index (χ3v) is 6.78. The number of sulfone groups is 1. The molecule has 0 spiro atoms. The first-order valence-electron chi connectivity index (χ1n) is 11.3. The number of H-pyrrole nitrogens is 1. The highest BCUT2D eigenvalue weighted by atomic mass is 32.2. The standard InChI is InChI=1S/C25H28N6O4S/c1-17(12-18(14-26-2)16-31-8-10-35-11-9-31)19-4-6-22-21(13-19)24(30-29-22)25(32)28-20-5-7-23(27-15-20)36(3,33)34/h4-7,12-15H,2,8-11,16H2,1,3H3,(H,28,32)(H,29,30)/b17-12+,18-14+. The molecule has 0 radical (unpaired) electrons. The number of ether oxygens (including phenoxy) is 1. The molecule has 0 saturated carbocycles. The number of pyridine rings is 1. The molecule has 4 rings (SSSR count). The molecule has 1 aliphatic heterocycles. The van der Waals surface area contributed by atoms with Crippen LogP contribution in [-0.2, 0) is 14.6 Å². The molecule has 2 aromatic heterocycles. The van der Waals surface area contributed by atoms with Gasteiger partial charge in [0.05, 0.1) is 30.6 Å². The van der Waals surface area contributed by atoms with Gasteiger partial charge in [0.1, 0.15) is 0 Å². The lowest BCUT2D eigenvalue weighted by Gasteiger charge is -2.26. The van der Waals surface area contributed by atoms with Crippen molar-refractivity contribution in [2.75, 3.05) is 44.4 Å². The smallest absolute Gasteiger partial charge is 0.276 e. The molecule has 1 amide bonds. The molecule has 1 fully saturated rings. The second-order valence-electron chi connectivity index (χ2n) is 8.55. The topological polar surface area (TPSA) is 130 Å². The SMILES string of the molecule is C=N/C=C(\C=C(/C)c1ccc2[nH]nc(C(=O)Nc3ccc(S(C)(=O)=O)nc3)c2c1)CN1CCOCC1. The highest BCUT2D eigenvalue weighted by Crippen LogP contribution is 2.24. The van der Waals surface area contributed by atoms with Crippen molar-refractivity contribution in [1.29, 1.82) is 0 Å². The van der Waals surface area contributed by atoms with Gasteiger partial charge in [-0.2, -0.15) is 5.10 Å². The van der Waals surface area contributed by atoms with E-state index in [4.69, 9.17) is 4.74 Å². The average molecular weight is 509 g/mol. The van der Waals surface area contributed by atoms with Gasteiger partial charge in [0.2, 0.25) is 0 Å². The number of aliphatic imine (C=N–C) groups is 1. The van der Waals surface area contributed by atoms with E-state index in [2.05, 4.69) is 43.2 Å². The predicted molar refractivity (Wildman–Crippen MR) is 140 cm³/mol. The van der Waals surface area contributed by atoms with Gasteiger partial charge in [0.25, 0.3) is 5.91 Å². The number of allylic oxidation sites excluding steroid dienone is 1. The maximum atomic E-state index is 12.9. The first kappa shape index (κ1) is 25.4. The summed E-state index contributed by atoms with van der Waals surface area (Å²) >= 11 is 0. The Morgan fingerprint density at radius 2 is 2.06 bits per heavy atom. The molecular formula is C25H28N6O4S. The number of hydrogen-bond acceptors (Lipinski definition) is 8. The lowest BCUT2D eigenvalue weighted by molar-refractivity contribution is 0.0426. The Balaban J connectivity index is 1.55. The Hall–Kier alpha value is -3.67. The quantitative estimate of drug-likeness (QED) is 0.353. The summed E-state index contributed by atoms with van der Waals surface area (Å²) < 4.78 is 28.6. The third-order valence-electron chi connectivity index (χ3n) is 5.78. The molecule has 0 bridgehead atoms. The number of carbonyl (C=O) groups is 1. The normalized spacial score (nSPS) is 15.7. The summed E-state index contributed by atoms with van der Waals surface area (Å²) in [6, 6.07) is 8.60. The van der Waals surface area contributed by atoms with E-state index in [1.54, 1.807) is 6.20 Å². The molecule has 0 atom stereocenters. The summed E-state index contributed by atoms with van der Waals surface area (Å²) in [4.78, 5) is 23.1. The second kappa shape index (κ2) is 10.9. The molecule has 36 heavy (non-hydrogen) atoms. The fraction of sp³-hybridized carbons (Fsp3) is 0.280. The van der Waals surface area contributed by atoms with Crippen molar-refractivity contribution in [2.24, 2.45) is 4.99 Å². The number of nitrogens with one attached hydrogen (secondary N) is 2. The van der Waals surface area contributed by atoms with Crippen LogP contribution in [0.5, 0.6) is 0 Å². The minimum Gasteiger partial charge on any atom is -0.379 e. The number of benzene rings is 1. The van der Waals surface area contributed by atoms with Crippen molar-refractivity contribution in [3.8, 4) is 0 Å². The number of rotatable bonds is 8. The van der Waals surface area contributed by atoms with Gasteiger partial charge in [-0.1, -0.05) is 12.1 Å². The lowest BCUT2D eigenvalue weighted by atomic mass is 10.0. The zero-order chi connectivity index (χ0) is 25.7. The summed E-state index contributed by atoms with van der Waals surface area (Å²) in [7, 11) is -3.42. The lowest BCUT2D eigenvalue weighted by Crippen LogP contribution is -2.37. The summed E-state index contributed by atoms with van der Waals surface area (Å²) in [6.45, 7) is 9.53. The molecule has 2 N–H and O–H groups in total. The number of nitrogens with zero attached hydrogens (tertiary/aromatic N) is 4. The summed E-state index contributed by atoms with van der Waals surface area (Å²) in [5.41, 5.74) is 4.29. The molecule has 3 aromatic rings. The van der Waals surface area contributed by atoms with Crippen LogP contribution >= 0.6 is 0 Å². The Bertz CT molecular complexity index is 1430. The van der Waals surface area contributed by atoms with Gasteiger partial charge >= 0.3 is 0 Å². The molecule has 0 aliphatic carbocycles. The fourth-order valence-electron chi connectivity index (χ4n) is 3.92. The summed E-state index contributed by atoms with van der Waals surface area (Å²) in [6.07, 6.45) is 6.21. The van der Waals surface area contributed by atoms with E-state index in [-0.39, 0.29) is 10.7 Å². The van der Waals surface area contributed by atoms with Gasteiger partial charge in [-0.25, -0.2) is 13.4 Å². The van der Waals surface area contributed by atoms with Crippen LogP contribution in [0.25, 0.3) is 16.5 Å². The number of anilines is 1. The summed E-state index contributed by atoms with van der Waals surface area (Å²) in [5.74, 6) is -0.433. The van der Waals surface area contributed by atoms with Crippen LogP contribution in [0, 0.1) is 0 Å². The van der Waals surface area contributed by atoms with Gasteiger partial charge in [-0.3, -0.25) is 19.8 Å². The van der Waals surface area contributed by atoms with Crippen molar-refractivity contribution in [2.45, 2.75) is 11.9 Å². The van der Waals surface area contributed by atoms with Gasteiger partial charge in [-0.15, -0.1) is 0 Å². The predicted octanol–water partition coefficient (Wildman–Crippen LogP) is 2.93. The van der Waals surface area contributed by atoms with E-state index in [1.807, 2.05) is 25.1 Å². The van der Waals surface area contributed by atoms with Crippen molar-refractivity contribution in [1.82, 2.24) is 20.1 Å². The first-order chi connectivity index (χ1) is 17.2. The Morgan fingerprint density at radius 3 is 2.72 bits per heavy atom. The van der Waals surface area contributed by atoms with Crippen LogP contribution in [0.15, 0.2) is 64.4 Å². The van der Waals surface area contributed by atoms with Crippen molar-refractivity contribution in [3.05, 3.63) is 65.6 Å². The van der Waals surface area contributed by atoms with E-state index >= 15 is 0 Å². The molecular weight excluding hydrogens is 480 g/mol. The van der Waals surface area contributed by atoms with Crippen LogP contribution in [-0.4, -0.2) is 80.2 Å². The zero-order valence-electron chi connectivity index (χ0n) is 20.2. The highest BCUT2D eigenvalue weighted by Gasteiger charge is 2.17. The average Bonchev–Trinajstić information content (AvgIpc) is 3.28. The van der Waals surface area contributed by atoms with Crippen molar-refractivity contribution >= 4 is 44.6 Å². The monoisotopic (exact) mass is 508 g/mol. The number of carbonyl (C=O) groups excluding carboxylic acids is 1. The second-order valence-corrected chi connectivity index (χ2v) is 10.5. The van der Waals surface area contributed by atoms with Gasteiger partial charge < -0.3 is 10.1 Å². The van der Waals surface area contributed by atoms with E-state index in [1.165, 1.54) is 18.3 Å². The van der Waals surface area contributed by atoms with E-state index in [0.717, 1.165) is 61.3 Å². The number of amides is 1. The van der Waals surface area contributed by atoms with Crippen LogP contribution in [0.4, 0.5) is 5.69 Å². The minimum atomic E-state index is -3.42. The summed E-state index contributed by atoms with van der Waals surface area (Å²) in [5, 5.41) is 10.4. The number of hydrogen-bond donors (Lipinski definition) is 2. The number of aromatic nitrogens is 3. The highest BCUT2D eigenvalue weighted by molar-refractivity contribution is 7.90. The van der Waals surface area contributed by atoms with Crippen molar-refractivity contribution in [3.63, 3.8) is 0 Å². The van der Waals surface area contributed by atoms with Gasteiger partial charge in [-0.05, 0) is 54.6 Å². The molecule has 1 aromatic carbocycles. The minimum absolute atomic E-state index is 0.0636. The number of morpholine rings is 1. The van der Waals surface area contributed by atoms with Crippen LogP contribution in [0.1, 0.15) is 23.0 Å². The molecule has 188 valence electrons. The molecule has 0 unspecified atom stereocenters. The molecule has 1 aliphatic rings. The molecule has 1 saturated heterocycles. The molecule has 11 heteroatoms. The largest absolute Gasteiger partial charge is 0.379 e. The maximum Gasteiger partial charge on any atom is 0.276 e. The fourth-order valence-corrected chi connectivity index (χ4v) is 4.48.